The van der Waals surface area contributed by atoms with E-state index >= 15 is 0 Å². The van der Waals surface area contributed by atoms with E-state index in [9.17, 15) is 9.59 Å². The molecule has 2 amide bonds. The molecule has 4 rings (SSSR count). The Labute approximate surface area is 170 Å². The Hall–Kier alpha value is -1.32. The van der Waals surface area contributed by atoms with Crippen LogP contribution in [0.1, 0.15) is 80.1 Å². The molecule has 3 saturated carbocycles. The lowest BCUT2D eigenvalue weighted by atomic mass is 9.42. The van der Waals surface area contributed by atoms with E-state index < -0.39 is 0 Å². The fourth-order valence-corrected chi connectivity index (χ4v) is 7.62. The molecule has 0 unspecified atom stereocenters. The molecule has 4 heteroatoms. The van der Waals surface area contributed by atoms with Gasteiger partial charge in [0, 0.05) is 22.9 Å². The van der Waals surface area contributed by atoms with Crippen LogP contribution in [-0.4, -0.2) is 23.4 Å². The topological polar surface area (TPSA) is 58.2 Å². The maximum atomic E-state index is 13.2. The van der Waals surface area contributed by atoms with Crippen molar-refractivity contribution in [2.45, 2.75) is 91.6 Å². The highest BCUT2D eigenvalue weighted by atomic mass is 16.2. The smallest absolute Gasteiger partial charge is 0.243 e. The molecule has 0 aromatic rings. The third-order valence-corrected chi connectivity index (χ3v) is 9.35. The van der Waals surface area contributed by atoms with Gasteiger partial charge in [-0.2, -0.15) is 0 Å². The summed E-state index contributed by atoms with van der Waals surface area (Å²) in [6.45, 7) is 13.5. The van der Waals surface area contributed by atoms with Crippen LogP contribution in [0.25, 0.3) is 0 Å². The Balaban J connectivity index is 1.64. The first-order valence-electron chi connectivity index (χ1n) is 11.2. The van der Waals surface area contributed by atoms with Crippen LogP contribution in [-0.2, 0) is 9.59 Å². The second-order valence-corrected chi connectivity index (χ2v) is 11.8. The summed E-state index contributed by atoms with van der Waals surface area (Å²) in [7, 11) is 0. The summed E-state index contributed by atoms with van der Waals surface area (Å²) < 4.78 is 0. The number of fused-ring (bicyclic) bond motifs is 5. The van der Waals surface area contributed by atoms with Crippen molar-refractivity contribution in [2.24, 2.45) is 34.0 Å². The van der Waals surface area contributed by atoms with Gasteiger partial charge >= 0.3 is 0 Å². The average Bonchev–Trinajstić information content (AvgIpc) is 2.86. The largest absolute Gasteiger partial charge is 0.351 e. The van der Waals surface area contributed by atoms with Crippen LogP contribution in [0.5, 0.6) is 0 Å². The Bertz CT molecular complexity index is 723. The zero-order valence-corrected chi connectivity index (χ0v) is 18.5. The first-order chi connectivity index (χ1) is 12.9. The summed E-state index contributed by atoms with van der Waals surface area (Å²) in [6.07, 6.45) is 10.6. The molecule has 1 heterocycles. The number of hydrogen-bond donors (Lipinski definition) is 2. The number of amides is 2. The van der Waals surface area contributed by atoms with Crippen LogP contribution in [0.15, 0.2) is 12.2 Å². The third kappa shape index (κ3) is 2.69. The molecule has 4 nitrogen and oxygen atoms in total. The summed E-state index contributed by atoms with van der Waals surface area (Å²) >= 11 is 0. The molecule has 156 valence electrons. The van der Waals surface area contributed by atoms with Crippen LogP contribution in [0.2, 0.25) is 0 Å². The summed E-state index contributed by atoms with van der Waals surface area (Å²) in [4.78, 5) is 25.1. The highest BCUT2D eigenvalue weighted by Gasteiger charge is 2.66. The second kappa shape index (κ2) is 6.09. The van der Waals surface area contributed by atoms with Crippen molar-refractivity contribution < 1.29 is 9.59 Å². The van der Waals surface area contributed by atoms with Crippen molar-refractivity contribution in [1.29, 1.82) is 0 Å². The van der Waals surface area contributed by atoms with Crippen molar-refractivity contribution in [3.63, 3.8) is 0 Å². The molecule has 0 bridgehead atoms. The van der Waals surface area contributed by atoms with Gasteiger partial charge in [-0.3, -0.25) is 9.59 Å². The van der Waals surface area contributed by atoms with Crippen LogP contribution >= 0.6 is 0 Å². The molecule has 3 aliphatic carbocycles. The summed E-state index contributed by atoms with van der Waals surface area (Å²) in [5.74, 6) is 1.64. The average molecular weight is 387 g/mol. The monoisotopic (exact) mass is 386 g/mol. The van der Waals surface area contributed by atoms with Gasteiger partial charge in [-0.05, 0) is 88.0 Å². The molecule has 0 aromatic heterocycles. The van der Waals surface area contributed by atoms with E-state index in [2.05, 4.69) is 58.3 Å². The fraction of sp³-hybridized carbons (Fsp3) is 0.833. The minimum absolute atomic E-state index is 0.0485. The van der Waals surface area contributed by atoms with Gasteiger partial charge in [0.1, 0.15) is 0 Å². The van der Waals surface area contributed by atoms with Gasteiger partial charge in [0.25, 0.3) is 0 Å². The lowest BCUT2D eigenvalue weighted by Crippen LogP contribution is -2.62. The van der Waals surface area contributed by atoms with Crippen molar-refractivity contribution in [1.82, 2.24) is 10.6 Å². The highest BCUT2D eigenvalue weighted by Crippen LogP contribution is 2.71. The molecule has 7 atom stereocenters. The highest BCUT2D eigenvalue weighted by molar-refractivity contribution is 5.89. The molecule has 28 heavy (non-hydrogen) atoms. The lowest BCUT2D eigenvalue weighted by molar-refractivity contribution is -0.147. The Morgan fingerprint density at radius 2 is 1.71 bits per heavy atom. The molecule has 4 aliphatic rings. The van der Waals surface area contributed by atoms with E-state index in [0.717, 1.165) is 32.1 Å². The van der Waals surface area contributed by atoms with Gasteiger partial charge in [0.15, 0.2) is 0 Å². The first kappa shape index (κ1) is 20.0. The standard InChI is InChI=1S/C24H38N2O2/c1-21(2,3)26-20(28)17-10-14-23(5)16-7-8-18-22(4,12-11-19(27)25-18)15(16)9-13-24(17,23)6/h11-12,15-18H,7-10,13-14H2,1-6H3,(H,25,27)(H,26,28)/t15-,16+,17+,18+,22+,23-,24+/m0/s1. The first-order valence-corrected chi connectivity index (χ1v) is 11.2. The van der Waals surface area contributed by atoms with Crippen molar-refractivity contribution >= 4 is 11.8 Å². The quantitative estimate of drug-likeness (QED) is 0.709. The van der Waals surface area contributed by atoms with Crippen LogP contribution in [0.3, 0.4) is 0 Å². The number of carbonyl (C=O) groups is 2. The number of nitrogens with one attached hydrogen (secondary N) is 2. The van der Waals surface area contributed by atoms with E-state index in [1.54, 1.807) is 6.08 Å². The van der Waals surface area contributed by atoms with Crippen molar-refractivity contribution in [3.8, 4) is 0 Å². The third-order valence-electron chi connectivity index (χ3n) is 9.35. The molecule has 0 aromatic carbocycles. The Kier molecular flexibility index (Phi) is 4.34. The zero-order valence-electron chi connectivity index (χ0n) is 18.5. The van der Waals surface area contributed by atoms with Gasteiger partial charge in [0.2, 0.25) is 11.8 Å². The molecule has 0 radical (unpaired) electrons. The summed E-state index contributed by atoms with van der Waals surface area (Å²) in [5.41, 5.74) is 0.126. The molecular formula is C24H38N2O2. The number of rotatable bonds is 1. The minimum atomic E-state index is -0.180. The number of hydrogen-bond acceptors (Lipinski definition) is 2. The molecule has 0 saturated heterocycles. The van der Waals surface area contributed by atoms with E-state index in [-0.39, 0.29) is 45.6 Å². The Morgan fingerprint density at radius 3 is 2.39 bits per heavy atom. The van der Waals surface area contributed by atoms with E-state index in [0.29, 0.717) is 11.8 Å². The van der Waals surface area contributed by atoms with Gasteiger partial charge in [-0.15, -0.1) is 0 Å². The number of carbonyl (C=O) groups excluding carboxylic acids is 2. The fourth-order valence-electron chi connectivity index (χ4n) is 7.62. The molecule has 2 N–H and O–H groups in total. The SMILES string of the molecule is CC(C)(C)NC(=O)[C@H]1CC[C@@]2(C)[C@@H]3CC[C@H]4NC(=O)C=C[C@]4(C)[C@H]3CC[C@]12C. The van der Waals surface area contributed by atoms with Gasteiger partial charge < -0.3 is 10.6 Å². The van der Waals surface area contributed by atoms with Crippen molar-refractivity contribution in [2.75, 3.05) is 0 Å². The van der Waals surface area contributed by atoms with Crippen LogP contribution in [0.4, 0.5) is 0 Å². The molecular weight excluding hydrogens is 348 g/mol. The predicted molar refractivity (Wildman–Crippen MR) is 111 cm³/mol. The van der Waals surface area contributed by atoms with E-state index in [4.69, 9.17) is 0 Å². The van der Waals surface area contributed by atoms with E-state index in [1.165, 1.54) is 6.42 Å². The molecule has 3 fully saturated rings. The van der Waals surface area contributed by atoms with E-state index in [1.807, 2.05) is 0 Å². The summed E-state index contributed by atoms with van der Waals surface area (Å²) in [5, 5.41) is 6.51. The Morgan fingerprint density at radius 1 is 1.04 bits per heavy atom. The van der Waals surface area contributed by atoms with Gasteiger partial charge in [-0.1, -0.05) is 26.8 Å². The minimum Gasteiger partial charge on any atom is -0.351 e. The molecule has 0 spiro atoms. The summed E-state index contributed by atoms with van der Waals surface area (Å²) in [6, 6.07) is 0.264. The lowest BCUT2D eigenvalue weighted by Gasteiger charge is -2.63. The second-order valence-electron chi connectivity index (χ2n) is 11.8. The molecule has 1 aliphatic heterocycles. The maximum absolute atomic E-state index is 13.2. The maximum Gasteiger partial charge on any atom is 0.243 e. The predicted octanol–water partition coefficient (Wildman–Crippen LogP) is 4.20. The van der Waals surface area contributed by atoms with Gasteiger partial charge in [-0.25, -0.2) is 0 Å². The zero-order chi connectivity index (χ0) is 20.5. The van der Waals surface area contributed by atoms with Crippen LogP contribution < -0.4 is 10.6 Å². The van der Waals surface area contributed by atoms with Crippen molar-refractivity contribution in [3.05, 3.63) is 12.2 Å². The normalized spacial score (nSPS) is 47.6. The van der Waals surface area contributed by atoms with Gasteiger partial charge in [0.05, 0.1) is 0 Å². The van der Waals surface area contributed by atoms with Crippen LogP contribution in [0, 0.1) is 34.0 Å².